The van der Waals surface area contributed by atoms with Gasteiger partial charge in [-0.05, 0) is 61.3 Å². The predicted molar refractivity (Wildman–Crippen MR) is 125 cm³/mol. The molecule has 0 saturated heterocycles. The third-order valence-corrected chi connectivity index (χ3v) is 10.0. The zero-order valence-electron chi connectivity index (χ0n) is 19.0. The summed E-state index contributed by atoms with van der Waals surface area (Å²) in [5.74, 6) is 2.63. The fourth-order valence-electron chi connectivity index (χ4n) is 2.89. The highest BCUT2D eigenvalue weighted by atomic mass is 28.4. The minimum Gasteiger partial charge on any atom is -0.544 e. The van der Waals surface area contributed by atoms with Crippen molar-refractivity contribution in [3.05, 3.63) is 53.9 Å². The van der Waals surface area contributed by atoms with Crippen LogP contribution < -0.4 is 9.16 Å². The zero-order valence-corrected chi connectivity index (χ0v) is 20.0. The number of ether oxygens (including phenoxy) is 2. The number of nitrogens with zero attached hydrogens (tertiary/aromatic N) is 1. The van der Waals surface area contributed by atoms with Crippen molar-refractivity contribution in [1.82, 2.24) is 9.97 Å². The molecule has 0 aliphatic rings. The summed E-state index contributed by atoms with van der Waals surface area (Å²) in [5, 5.41) is 0.195. The summed E-state index contributed by atoms with van der Waals surface area (Å²) in [6.07, 6.45) is 0.856. The van der Waals surface area contributed by atoms with Crippen molar-refractivity contribution in [2.24, 2.45) is 0 Å². The lowest BCUT2D eigenvalue weighted by molar-refractivity contribution is 0.119. The standard InChI is InChI=1S/C24H34N2O3Si/c1-7-28-20-12-13-21-22(16-20)26-23(25-21)17-27-15-14-18-8-10-19(11-9-18)29-30(5,6)24(2,3)4/h8-13,16H,7,14-15,17H2,1-6H3,(H,25,26). The summed E-state index contributed by atoms with van der Waals surface area (Å²) in [6, 6.07) is 14.3. The molecule has 0 spiro atoms. The van der Waals surface area contributed by atoms with Crippen LogP contribution in [-0.2, 0) is 17.8 Å². The maximum Gasteiger partial charge on any atom is 0.250 e. The van der Waals surface area contributed by atoms with Crippen molar-refractivity contribution >= 4 is 19.4 Å². The molecule has 0 aliphatic heterocycles. The number of imidazole rings is 1. The molecular weight excluding hydrogens is 392 g/mol. The Hall–Kier alpha value is -2.31. The number of benzene rings is 2. The molecule has 1 aromatic heterocycles. The van der Waals surface area contributed by atoms with Gasteiger partial charge < -0.3 is 18.9 Å². The van der Waals surface area contributed by atoms with Gasteiger partial charge in [0.15, 0.2) is 0 Å². The summed E-state index contributed by atoms with van der Waals surface area (Å²) in [4.78, 5) is 7.89. The maximum atomic E-state index is 6.34. The van der Waals surface area contributed by atoms with Gasteiger partial charge in [0.2, 0.25) is 8.32 Å². The average Bonchev–Trinajstić information content (AvgIpc) is 3.08. The van der Waals surface area contributed by atoms with E-state index in [1.807, 2.05) is 25.1 Å². The first-order valence-electron chi connectivity index (χ1n) is 10.6. The van der Waals surface area contributed by atoms with E-state index in [2.05, 4.69) is 68.1 Å². The molecule has 30 heavy (non-hydrogen) atoms. The topological polar surface area (TPSA) is 56.4 Å². The van der Waals surface area contributed by atoms with Crippen LogP contribution >= 0.6 is 0 Å². The van der Waals surface area contributed by atoms with Gasteiger partial charge in [0.1, 0.15) is 23.9 Å². The normalized spacial score (nSPS) is 12.3. The van der Waals surface area contributed by atoms with Gasteiger partial charge in [-0.2, -0.15) is 0 Å². The molecule has 0 radical (unpaired) electrons. The number of aromatic amines is 1. The zero-order chi connectivity index (χ0) is 21.8. The molecule has 1 heterocycles. The van der Waals surface area contributed by atoms with E-state index in [4.69, 9.17) is 13.9 Å². The molecule has 0 atom stereocenters. The second-order valence-corrected chi connectivity index (χ2v) is 13.8. The number of H-pyrrole nitrogens is 1. The summed E-state index contributed by atoms with van der Waals surface area (Å²) in [6.45, 7) is 15.0. The first-order chi connectivity index (χ1) is 14.2. The Bertz CT molecular complexity index is 959. The van der Waals surface area contributed by atoms with E-state index in [0.717, 1.165) is 34.8 Å². The van der Waals surface area contributed by atoms with Gasteiger partial charge in [0.05, 0.1) is 24.2 Å². The molecule has 0 saturated carbocycles. The lowest BCUT2D eigenvalue weighted by Crippen LogP contribution is -2.43. The maximum absolute atomic E-state index is 6.34. The largest absolute Gasteiger partial charge is 0.544 e. The van der Waals surface area contributed by atoms with Gasteiger partial charge in [0.25, 0.3) is 0 Å². The third kappa shape index (κ3) is 5.64. The number of fused-ring (bicyclic) bond motifs is 1. The first-order valence-corrected chi connectivity index (χ1v) is 13.6. The van der Waals surface area contributed by atoms with Crippen LogP contribution in [0.2, 0.25) is 18.1 Å². The van der Waals surface area contributed by atoms with Gasteiger partial charge in [-0.3, -0.25) is 0 Å². The van der Waals surface area contributed by atoms with Gasteiger partial charge in [-0.25, -0.2) is 4.98 Å². The Labute approximate surface area is 180 Å². The molecule has 0 fully saturated rings. The molecule has 3 aromatic rings. The van der Waals surface area contributed by atoms with Crippen LogP contribution in [0.25, 0.3) is 11.0 Å². The van der Waals surface area contributed by atoms with Gasteiger partial charge in [-0.15, -0.1) is 0 Å². The van der Waals surface area contributed by atoms with Crippen LogP contribution in [-0.4, -0.2) is 31.5 Å². The molecule has 0 aliphatic carbocycles. The lowest BCUT2D eigenvalue weighted by atomic mass is 10.1. The Morgan fingerprint density at radius 1 is 1.00 bits per heavy atom. The molecule has 162 valence electrons. The molecule has 1 N–H and O–H groups in total. The molecule has 0 bridgehead atoms. The van der Waals surface area contributed by atoms with Crippen molar-refractivity contribution in [2.75, 3.05) is 13.2 Å². The molecule has 2 aromatic carbocycles. The van der Waals surface area contributed by atoms with Crippen LogP contribution in [0.5, 0.6) is 11.5 Å². The van der Waals surface area contributed by atoms with Crippen molar-refractivity contribution in [3.8, 4) is 11.5 Å². The van der Waals surface area contributed by atoms with Crippen LogP contribution in [0, 0.1) is 0 Å². The van der Waals surface area contributed by atoms with E-state index in [1.165, 1.54) is 5.56 Å². The Balaban J connectivity index is 1.48. The number of aromatic nitrogens is 2. The number of hydrogen-bond acceptors (Lipinski definition) is 4. The monoisotopic (exact) mass is 426 g/mol. The van der Waals surface area contributed by atoms with Crippen molar-refractivity contribution < 1.29 is 13.9 Å². The summed E-state index contributed by atoms with van der Waals surface area (Å²) < 4.78 is 17.7. The highest BCUT2D eigenvalue weighted by Gasteiger charge is 2.38. The Kier molecular flexibility index (Phi) is 6.88. The number of nitrogens with one attached hydrogen (secondary N) is 1. The predicted octanol–water partition coefficient (Wildman–Crippen LogP) is 6.10. The highest BCUT2D eigenvalue weighted by Crippen LogP contribution is 2.37. The van der Waals surface area contributed by atoms with Crippen molar-refractivity contribution in [3.63, 3.8) is 0 Å². The van der Waals surface area contributed by atoms with E-state index < -0.39 is 8.32 Å². The van der Waals surface area contributed by atoms with Crippen LogP contribution in [0.1, 0.15) is 39.1 Å². The number of rotatable bonds is 9. The van der Waals surface area contributed by atoms with Gasteiger partial charge in [-0.1, -0.05) is 32.9 Å². The molecule has 0 unspecified atom stereocenters. The van der Waals surface area contributed by atoms with E-state index in [-0.39, 0.29) is 5.04 Å². The fraction of sp³-hybridized carbons (Fsp3) is 0.458. The Morgan fingerprint density at radius 3 is 2.37 bits per heavy atom. The minimum absolute atomic E-state index is 0.195. The van der Waals surface area contributed by atoms with E-state index in [0.29, 0.717) is 19.8 Å². The average molecular weight is 427 g/mol. The lowest BCUT2D eigenvalue weighted by Gasteiger charge is -2.36. The molecular formula is C24H34N2O3Si. The number of hydrogen-bond donors (Lipinski definition) is 1. The smallest absolute Gasteiger partial charge is 0.250 e. The first kappa shape index (κ1) is 22.4. The quantitative estimate of drug-likeness (QED) is 0.331. The van der Waals surface area contributed by atoms with Crippen molar-refractivity contribution in [2.45, 2.75) is 58.9 Å². The summed E-state index contributed by atoms with van der Waals surface area (Å²) >= 11 is 0. The van der Waals surface area contributed by atoms with E-state index in [9.17, 15) is 0 Å². The fourth-order valence-corrected chi connectivity index (χ4v) is 3.93. The van der Waals surface area contributed by atoms with Crippen LogP contribution in [0.3, 0.4) is 0 Å². The third-order valence-electron chi connectivity index (χ3n) is 5.69. The van der Waals surface area contributed by atoms with Crippen LogP contribution in [0.15, 0.2) is 42.5 Å². The van der Waals surface area contributed by atoms with Crippen LogP contribution in [0.4, 0.5) is 0 Å². The van der Waals surface area contributed by atoms with Crippen molar-refractivity contribution in [1.29, 1.82) is 0 Å². The molecule has 5 nitrogen and oxygen atoms in total. The molecule has 6 heteroatoms. The summed E-state index contributed by atoms with van der Waals surface area (Å²) in [7, 11) is -1.80. The van der Waals surface area contributed by atoms with E-state index in [1.54, 1.807) is 0 Å². The van der Waals surface area contributed by atoms with E-state index >= 15 is 0 Å². The highest BCUT2D eigenvalue weighted by molar-refractivity contribution is 6.74. The molecule has 0 amide bonds. The molecule has 3 rings (SSSR count). The van der Waals surface area contributed by atoms with Gasteiger partial charge >= 0.3 is 0 Å². The minimum atomic E-state index is -1.80. The SMILES string of the molecule is CCOc1ccc2[nH]c(COCCc3ccc(O[Si](C)(C)C(C)(C)C)cc3)nc2c1. The van der Waals surface area contributed by atoms with Gasteiger partial charge in [0, 0.05) is 6.07 Å². The second-order valence-electron chi connectivity index (χ2n) is 9.10. The summed E-state index contributed by atoms with van der Waals surface area (Å²) in [5.41, 5.74) is 3.13. The Morgan fingerprint density at radius 2 is 1.70 bits per heavy atom. The second kappa shape index (κ2) is 9.23.